The summed E-state index contributed by atoms with van der Waals surface area (Å²) < 4.78 is 0. The summed E-state index contributed by atoms with van der Waals surface area (Å²) in [5.41, 5.74) is 6.62. The van der Waals surface area contributed by atoms with E-state index in [1.165, 1.54) is 0 Å². The van der Waals surface area contributed by atoms with Gasteiger partial charge in [0.2, 0.25) is 0 Å². The summed E-state index contributed by atoms with van der Waals surface area (Å²) >= 11 is 0. The Hall–Kier alpha value is -0.630. The molecule has 2 nitrogen and oxygen atoms in total. The van der Waals surface area contributed by atoms with Gasteiger partial charge in [0.25, 0.3) is 0 Å². The van der Waals surface area contributed by atoms with Gasteiger partial charge >= 0.3 is 0 Å². The molecule has 0 bridgehead atoms. The molecule has 0 saturated heterocycles. The number of ketones is 1. The Morgan fingerprint density at radius 3 is 2.50 bits per heavy atom. The lowest BCUT2D eigenvalue weighted by atomic mass is 10.0. The van der Waals surface area contributed by atoms with Gasteiger partial charge in [0.15, 0.2) is 5.78 Å². The zero-order valence-electron chi connectivity index (χ0n) is 8.10. The van der Waals surface area contributed by atoms with E-state index in [1.807, 2.05) is 13.8 Å². The first-order valence-corrected chi connectivity index (χ1v) is 4.56. The summed E-state index contributed by atoms with van der Waals surface area (Å²) in [6.07, 6.45) is 3.07. The van der Waals surface area contributed by atoms with E-state index < -0.39 is 0 Å². The lowest BCUT2D eigenvalue weighted by Gasteiger charge is -2.09. The summed E-state index contributed by atoms with van der Waals surface area (Å²) in [4.78, 5) is 11.3. The molecule has 2 N–H and O–H groups in total. The number of carbonyl (C=O) groups excluding carboxylic acids is 1. The number of rotatable bonds is 6. The highest BCUT2D eigenvalue weighted by atomic mass is 16.1. The summed E-state index contributed by atoms with van der Waals surface area (Å²) in [5, 5.41) is 0. The Morgan fingerprint density at radius 2 is 2.08 bits per heavy atom. The van der Waals surface area contributed by atoms with Crippen molar-refractivity contribution in [2.24, 2.45) is 5.73 Å². The monoisotopic (exact) mass is 169 g/mol. The summed E-state index contributed by atoms with van der Waals surface area (Å²) in [6, 6.07) is -0.279. The summed E-state index contributed by atoms with van der Waals surface area (Å²) in [6.45, 7) is 7.81. The predicted molar refractivity (Wildman–Crippen MR) is 51.9 cm³/mol. The first kappa shape index (κ1) is 11.4. The van der Waals surface area contributed by atoms with Gasteiger partial charge in [-0.15, -0.1) is 0 Å². The molecule has 0 aromatic rings. The van der Waals surface area contributed by atoms with E-state index in [0.29, 0.717) is 6.42 Å². The van der Waals surface area contributed by atoms with Crippen LogP contribution in [-0.2, 0) is 4.79 Å². The Labute approximate surface area is 74.8 Å². The molecule has 0 aromatic heterocycles. The van der Waals surface area contributed by atoms with Crippen LogP contribution in [0.25, 0.3) is 0 Å². The predicted octanol–water partition coefficient (Wildman–Crippen LogP) is 2.04. The first-order valence-electron chi connectivity index (χ1n) is 4.56. The molecule has 0 fully saturated rings. The molecular weight excluding hydrogens is 150 g/mol. The van der Waals surface area contributed by atoms with Gasteiger partial charge in [-0.25, -0.2) is 0 Å². The number of Topliss-reactive ketones (excluding diaryl/α,β-unsaturated/α-hetero) is 1. The fourth-order valence-corrected chi connectivity index (χ4v) is 0.974. The number of nitrogens with two attached hydrogens (primary N) is 1. The van der Waals surface area contributed by atoms with Crippen molar-refractivity contribution in [3.8, 4) is 0 Å². The lowest BCUT2D eigenvalue weighted by Crippen LogP contribution is -2.30. The molecule has 0 heterocycles. The summed E-state index contributed by atoms with van der Waals surface area (Å²) in [5.74, 6) is 0.128. The van der Waals surface area contributed by atoms with Crippen LogP contribution in [0.1, 0.15) is 39.5 Å². The maximum atomic E-state index is 11.3. The third kappa shape index (κ3) is 4.29. The van der Waals surface area contributed by atoms with Crippen molar-refractivity contribution in [1.82, 2.24) is 0 Å². The molecule has 1 atom stereocenters. The molecule has 0 aliphatic heterocycles. The largest absolute Gasteiger partial charge is 0.321 e. The van der Waals surface area contributed by atoms with E-state index in [9.17, 15) is 4.79 Å². The maximum absolute atomic E-state index is 11.3. The van der Waals surface area contributed by atoms with Crippen molar-refractivity contribution in [2.45, 2.75) is 45.6 Å². The zero-order valence-corrected chi connectivity index (χ0v) is 8.10. The van der Waals surface area contributed by atoms with E-state index in [2.05, 4.69) is 6.58 Å². The Balaban J connectivity index is 3.78. The van der Waals surface area contributed by atoms with Crippen LogP contribution in [-0.4, -0.2) is 11.8 Å². The minimum Gasteiger partial charge on any atom is -0.321 e. The molecule has 0 rings (SSSR count). The van der Waals surface area contributed by atoms with Crippen LogP contribution in [0.3, 0.4) is 0 Å². The Bertz CT molecular complexity index is 163. The van der Waals surface area contributed by atoms with Crippen LogP contribution >= 0.6 is 0 Å². The van der Waals surface area contributed by atoms with Gasteiger partial charge in [0.05, 0.1) is 6.04 Å². The number of hydrogen-bond donors (Lipinski definition) is 1. The minimum atomic E-state index is -0.279. The van der Waals surface area contributed by atoms with Gasteiger partial charge in [-0.05, 0) is 12.8 Å². The van der Waals surface area contributed by atoms with Crippen LogP contribution in [0.4, 0.5) is 0 Å². The van der Waals surface area contributed by atoms with Crippen molar-refractivity contribution in [2.75, 3.05) is 0 Å². The van der Waals surface area contributed by atoms with Crippen molar-refractivity contribution in [1.29, 1.82) is 0 Å². The van der Waals surface area contributed by atoms with Gasteiger partial charge in [0.1, 0.15) is 0 Å². The minimum absolute atomic E-state index is 0.128. The Kier molecular flexibility index (Phi) is 5.64. The van der Waals surface area contributed by atoms with Crippen LogP contribution in [0.15, 0.2) is 12.2 Å². The van der Waals surface area contributed by atoms with Crippen molar-refractivity contribution in [3.63, 3.8) is 0 Å². The normalized spacial score (nSPS) is 12.6. The van der Waals surface area contributed by atoms with Gasteiger partial charge in [-0.3, -0.25) is 4.79 Å². The zero-order chi connectivity index (χ0) is 9.56. The highest BCUT2D eigenvalue weighted by Crippen LogP contribution is 2.07. The second kappa shape index (κ2) is 5.95. The maximum Gasteiger partial charge on any atom is 0.153 e. The lowest BCUT2D eigenvalue weighted by molar-refractivity contribution is -0.119. The highest BCUT2D eigenvalue weighted by molar-refractivity contribution is 5.85. The van der Waals surface area contributed by atoms with E-state index in [0.717, 1.165) is 24.8 Å². The number of carbonyl (C=O) groups is 1. The van der Waals surface area contributed by atoms with Crippen LogP contribution < -0.4 is 5.73 Å². The van der Waals surface area contributed by atoms with Crippen LogP contribution in [0.2, 0.25) is 0 Å². The SMILES string of the molecule is C=C(CC)CC(=O)C(N)CCC. The smallest absolute Gasteiger partial charge is 0.153 e. The first-order chi connectivity index (χ1) is 5.61. The number of allylic oxidation sites excluding steroid dienone is 1. The van der Waals surface area contributed by atoms with Crippen molar-refractivity contribution in [3.05, 3.63) is 12.2 Å². The third-order valence-electron chi connectivity index (χ3n) is 1.94. The summed E-state index contributed by atoms with van der Waals surface area (Å²) in [7, 11) is 0. The molecule has 0 spiro atoms. The van der Waals surface area contributed by atoms with E-state index in [1.54, 1.807) is 0 Å². The van der Waals surface area contributed by atoms with E-state index in [-0.39, 0.29) is 11.8 Å². The molecule has 1 unspecified atom stereocenters. The van der Waals surface area contributed by atoms with Crippen LogP contribution in [0, 0.1) is 0 Å². The fraction of sp³-hybridized carbons (Fsp3) is 0.700. The van der Waals surface area contributed by atoms with Gasteiger partial charge in [0, 0.05) is 6.42 Å². The molecule has 12 heavy (non-hydrogen) atoms. The van der Waals surface area contributed by atoms with Gasteiger partial charge in [-0.2, -0.15) is 0 Å². The molecule has 2 heteroatoms. The Morgan fingerprint density at radius 1 is 1.50 bits per heavy atom. The van der Waals surface area contributed by atoms with Crippen molar-refractivity contribution >= 4 is 5.78 Å². The average Bonchev–Trinajstić information content (AvgIpc) is 2.04. The molecule has 0 aromatic carbocycles. The highest BCUT2D eigenvalue weighted by Gasteiger charge is 2.12. The topological polar surface area (TPSA) is 43.1 Å². The molecule has 70 valence electrons. The molecular formula is C10H19NO. The number of hydrogen-bond acceptors (Lipinski definition) is 2. The fourth-order valence-electron chi connectivity index (χ4n) is 0.974. The van der Waals surface area contributed by atoms with E-state index in [4.69, 9.17) is 5.73 Å². The molecule has 0 aliphatic rings. The van der Waals surface area contributed by atoms with Gasteiger partial charge < -0.3 is 5.73 Å². The second-order valence-electron chi connectivity index (χ2n) is 3.14. The van der Waals surface area contributed by atoms with E-state index >= 15 is 0 Å². The third-order valence-corrected chi connectivity index (χ3v) is 1.94. The second-order valence-corrected chi connectivity index (χ2v) is 3.14. The van der Waals surface area contributed by atoms with Gasteiger partial charge in [-0.1, -0.05) is 32.4 Å². The molecule has 0 amide bonds. The molecule has 0 saturated carbocycles. The van der Waals surface area contributed by atoms with Crippen molar-refractivity contribution < 1.29 is 4.79 Å². The standard InChI is InChI=1S/C10H19NO/c1-4-6-9(11)10(12)7-8(3)5-2/h9H,3-7,11H2,1-2H3. The molecule has 0 radical (unpaired) electrons. The average molecular weight is 169 g/mol. The quantitative estimate of drug-likeness (QED) is 0.618. The molecule has 0 aliphatic carbocycles. The van der Waals surface area contributed by atoms with Crippen LogP contribution in [0.5, 0.6) is 0 Å².